The maximum absolute atomic E-state index is 4.74. The smallest absolute Gasteiger partial charge is 0.0971 e. The molecule has 0 radical (unpaired) electrons. The Balaban J connectivity index is 0.000000105. The van der Waals surface area contributed by atoms with Gasteiger partial charge in [-0.2, -0.15) is 0 Å². The second-order valence-electron chi connectivity index (χ2n) is 33.1. The van der Waals surface area contributed by atoms with Crippen molar-refractivity contribution in [2.24, 2.45) is 0 Å². The van der Waals surface area contributed by atoms with Crippen molar-refractivity contribution in [1.82, 2.24) is 43.6 Å². The number of benzene rings is 21. The number of hydrogen-bond donors (Lipinski definition) is 0. The molecular formula is C120H75N9. The van der Waals surface area contributed by atoms with Crippen LogP contribution in [0.3, 0.4) is 0 Å². The van der Waals surface area contributed by atoms with Crippen LogP contribution in [0.2, 0.25) is 0 Å². The molecule has 0 atom stereocenters. The summed E-state index contributed by atoms with van der Waals surface area (Å²) in [4.78, 5) is 28.2. The first kappa shape index (κ1) is 74.2. The SMILES string of the molecule is c1ccc(-n2c3ccccc3c3cc(-c4ccc(-c5ccc6c(c5)c5ccccc5c5nccnc65)cc4)ccc32)cc1.c1ccc(-n2c3ccccc3c3cc(-c4cccc(-c5ccc6c(c5)c5ccccc5c5nccnc65)c4)ccc32)cc1.c1ccc(-n2c3ccccc3c3cc(-c4ccccc4-c4ccc5c(c4)c4ccccc4c4nccnc54)ccc32)cc1. The Kier molecular flexibility index (Phi) is 17.7. The normalized spacial score (nSPS) is 11.7. The van der Waals surface area contributed by atoms with Gasteiger partial charge in [-0.3, -0.25) is 29.9 Å². The first-order valence-electron chi connectivity index (χ1n) is 43.7. The molecular weight excluding hydrogens is 1570 g/mol. The summed E-state index contributed by atoms with van der Waals surface area (Å²) in [6.45, 7) is 0. The molecule has 0 fully saturated rings. The highest BCUT2D eigenvalue weighted by atomic mass is 15.0. The summed E-state index contributed by atoms with van der Waals surface area (Å²) < 4.78 is 7.08. The Hall–Kier alpha value is -17.4. The van der Waals surface area contributed by atoms with Crippen molar-refractivity contribution in [2.45, 2.75) is 0 Å². The van der Waals surface area contributed by atoms with Gasteiger partial charge in [0.2, 0.25) is 0 Å². The Morgan fingerprint density at radius 3 is 0.682 bits per heavy atom. The fourth-order valence-electron chi connectivity index (χ4n) is 20.1. The molecule has 0 N–H and O–H groups in total. The molecule has 27 rings (SSSR count). The van der Waals surface area contributed by atoms with Gasteiger partial charge in [0.1, 0.15) is 0 Å². The lowest BCUT2D eigenvalue weighted by Crippen LogP contribution is -1.93. The lowest BCUT2D eigenvalue weighted by molar-refractivity contribution is 1.18. The van der Waals surface area contributed by atoms with E-state index in [0.717, 1.165) is 65.4 Å². The van der Waals surface area contributed by atoms with Crippen molar-refractivity contribution in [3.63, 3.8) is 0 Å². The largest absolute Gasteiger partial charge is 0.309 e. The summed E-state index contributed by atoms with van der Waals surface area (Å²) in [7, 11) is 0. The molecule has 9 nitrogen and oxygen atoms in total. The van der Waals surface area contributed by atoms with E-state index in [1.807, 2.05) is 0 Å². The first-order chi connectivity index (χ1) is 64.0. The summed E-state index contributed by atoms with van der Waals surface area (Å²) in [5.41, 5.74) is 30.9. The number of hydrogen-bond acceptors (Lipinski definition) is 6. The molecule has 6 aromatic heterocycles. The van der Waals surface area contributed by atoms with Gasteiger partial charge in [-0.25, -0.2) is 0 Å². The highest BCUT2D eigenvalue weighted by Crippen LogP contribution is 2.45. The standard InChI is InChI=1S/3C40H25N3/c1-2-11-30(12-3-1)43-37-16-7-6-14-32(37)36-25-29(18-20-38(36)43)27-10-8-9-26(23-27)28-17-19-34-35(24-28)31-13-4-5-15-33(31)39-40(34)42-22-21-41-39;1-2-10-28(11-3-1)43-37-17-9-8-15-32(37)36-25-27(19-21-38(36)43)30-13-5-4-12-29(30)26-18-20-34-35(24-26)31-14-6-7-16-33(31)39-40(34)42-23-22-41-39;1-2-8-30(9-3-1)43-37-13-7-6-11-32(37)36-25-29(19-21-38(36)43)27-16-14-26(15-17-27)28-18-20-34-35(24-28)31-10-4-5-12-33(31)39-40(34)42-23-22-41-39/h3*1-25H. The minimum Gasteiger partial charge on any atom is -0.309 e. The zero-order chi connectivity index (χ0) is 85.0. The minimum absolute atomic E-state index is 0.941. The summed E-state index contributed by atoms with van der Waals surface area (Å²) in [5.74, 6) is 0. The second kappa shape index (κ2) is 30.8. The maximum atomic E-state index is 4.74. The second-order valence-corrected chi connectivity index (χ2v) is 33.1. The molecule has 0 bridgehead atoms. The van der Waals surface area contributed by atoms with Gasteiger partial charge in [0, 0.05) is 119 Å². The van der Waals surface area contributed by atoms with Crippen LogP contribution in [0.15, 0.2) is 456 Å². The van der Waals surface area contributed by atoms with Gasteiger partial charge in [-0.1, -0.05) is 303 Å². The van der Waals surface area contributed by atoms with Crippen LogP contribution < -0.4 is 0 Å². The topological polar surface area (TPSA) is 92.1 Å². The molecule has 129 heavy (non-hydrogen) atoms. The van der Waals surface area contributed by atoms with Gasteiger partial charge in [-0.15, -0.1) is 0 Å². The molecule has 21 aromatic carbocycles. The fraction of sp³-hybridized carbons (Fsp3) is 0. The molecule has 0 unspecified atom stereocenters. The van der Waals surface area contributed by atoms with Crippen molar-refractivity contribution >= 4 is 163 Å². The quantitative estimate of drug-likeness (QED) is 0.134. The number of rotatable bonds is 9. The average molecular weight is 1640 g/mol. The molecule has 0 saturated heterocycles. The highest BCUT2D eigenvalue weighted by Gasteiger charge is 2.22. The van der Waals surface area contributed by atoms with Gasteiger partial charge < -0.3 is 13.7 Å². The lowest BCUT2D eigenvalue weighted by Gasteiger charge is -2.14. The van der Waals surface area contributed by atoms with Crippen LogP contribution in [0.5, 0.6) is 0 Å². The summed E-state index contributed by atoms with van der Waals surface area (Å²) in [5, 5.41) is 21.5. The predicted molar refractivity (Wildman–Crippen MR) is 539 cm³/mol. The van der Waals surface area contributed by atoms with Crippen molar-refractivity contribution in [1.29, 1.82) is 0 Å². The maximum Gasteiger partial charge on any atom is 0.0971 e. The Morgan fingerprint density at radius 2 is 0.341 bits per heavy atom. The third-order valence-electron chi connectivity index (χ3n) is 26.0. The highest BCUT2D eigenvalue weighted by molar-refractivity contribution is 6.27. The van der Waals surface area contributed by atoms with Crippen molar-refractivity contribution in [3.05, 3.63) is 456 Å². The van der Waals surface area contributed by atoms with E-state index >= 15 is 0 Å². The van der Waals surface area contributed by atoms with Crippen LogP contribution >= 0.6 is 0 Å². The molecule has 6 heterocycles. The number of fused-ring (bicyclic) bond motifs is 27. The Morgan fingerprint density at radius 1 is 0.124 bits per heavy atom. The van der Waals surface area contributed by atoms with Crippen LogP contribution in [0.4, 0.5) is 0 Å². The van der Waals surface area contributed by atoms with Gasteiger partial charge in [0.05, 0.1) is 66.2 Å². The number of nitrogens with zero attached hydrogens (tertiary/aromatic N) is 9. The molecule has 0 aliphatic heterocycles. The van der Waals surface area contributed by atoms with Crippen molar-refractivity contribution in [2.75, 3.05) is 0 Å². The fourth-order valence-corrected chi connectivity index (χ4v) is 20.1. The number of para-hydroxylation sites is 6. The zero-order valence-electron chi connectivity index (χ0n) is 69.8. The van der Waals surface area contributed by atoms with Crippen molar-refractivity contribution in [3.8, 4) is 83.8 Å². The molecule has 0 aliphatic rings. The molecule has 9 heteroatoms. The van der Waals surface area contributed by atoms with E-state index < -0.39 is 0 Å². The van der Waals surface area contributed by atoms with E-state index in [4.69, 9.17) is 19.9 Å². The molecule has 600 valence electrons. The van der Waals surface area contributed by atoms with Crippen LogP contribution in [0.25, 0.3) is 247 Å². The third-order valence-corrected chi connectivity index (χ3v) is 26.0. The van der Waals surface area contributed by atoms with E-state index in [2.05, 4.69) is 442 Å². The lowest BCUT2D eigenvalue weighted by atomic mass is 9.91. The van der Waals surface area contributed by atoms with E-state index in [0.29, 0.717) is 0 Å². The van der Waals surface area contributed by atoms with E-state index in [9.17, 15) is 0 Å². The Labute approximate surface area is 741 Å². The van der Waals surface area contributed by atoms with Crippen LogP contribution in [0, 0.1) is 0 Å². The van der Waals surface area contributed by atoms with Crippen LogP contribution in [-0.4, -0.2) is 43.6 Å². The summed E-state index contributed by atoms with van der Waals surface area (Å²) >= 11 is 0. The molecule has 0 saturated carbocycles. The summed E-state index contributed by atoms with van der Waals surface area (Å²) in [6, 6.07) is 151. The van der Waals surface area contributed by atoms with Gasteiger partial charge >= 0.3 is 0 Å². The number of aromatic nitrogens is 9. The van der Waals surface area contributed by atoms with E-state index in [1.54, 1.807) is 37.2 Å². The van der Waals surface area contributed by atoms with Crippen molar-refractivity contribution < 1.29 is 0 Å². The summed E-state index contributed by atoms with van der Waals surface area (Å²) in [6.07, 6.45) is 10.7. The molecule has 0 aliphatic carbocycles. The zero-order valence-corrected chi connectivity index (χ0v) is 69.8. The predicted octanol–water partition coefficient (Wildman–Crippen LogP) is 31.1. The first-order valence-corrected chi connectivity index (χ1v) is 43.7. The average Bonchev–Trinajstić information content (AvgIpc) is 1.07. The molecule has 27 aromatic rings. The third kappa shape index (κ3) is 12.5. The van der Waals surface area contributed by atoms with Crippen LogP contribution in [-0.2, 0) is 0 Å². The van der Waals surface area contributed by atoms with Gasteiger partial charge in [0.25, 0.3) is 0 Å². The molecule has 0 amide bonds. The van der Waals surface area contributed by atoms with E-state index in [-0.39, 0.29) is 0 Å². The minimum atomic E-state index is 0.941. The van der Waals surface area contributed by atoms with E-state index in [1.165, 1.54) is 182 Å². The molecule has 0 spiro atoms. The Bertz CT molecular complexity index is 9090. The van der Waals surface area contributed by atoms with Gasteiger partial charge in [0.15, 0.2) is 0 Å². The monoisotopic (exact) mass is 1640 g/mol. The van der Waals surface area contributed by atoms with Crippen LogP contribution in [0.1, 0.15) is 0 Å². The van der Waals surface area contributed by atoms with Gasteiger partial charge in [-0.05, 0) is 214 Å².